The molecule has 0 radical (unpaired) electrons. The van der Waals surface area contributed by atoms with Gasteiger partial charge in [0.15, 0.2) is 5.69 Å². The minimum atomic E-state index is -0.666. The van der Waals surface area contributed by atoms with Crippen LogP contribution in [0.25, 0.3) is 0 Å². The van der Waals surface area contributed by atoms with E-state index in [1.807, 2.05) is 6.92 Å². The third-order valence-electron chi connectivity index (χ3n) is 2.89. The fourth-order valence-electron chi connectivity index (χ4n) is 1.73. The summed E-state index contributed by atoms with van der Waals surface area (Å²) >= 11 is 3.31. The average Bonchev–Trinajstić information content (AvgIpc) is 2.43. The summed E-state index contributed by atoms with van der Waals surface area (Å²) in [5, 5.41) is 23.0. The maximum atomic E-state index is 12.1. The van der Waals surface area contributed by atoms with Crippen LogP contribution in [0.4, 0.5) is 11.4 Å². The Morgan fingerprint density at radius 1 is 1.33 bits per heavy atom. The summed E-state index contributed by atoms with van der Waals surface area (Å²) in [6.07, 6.45) is 0. The minimum Gasteiger partial charge on any atom is -0.505 e. The first-order chi connectivity index (χ1) is 9.90. The van der Waals surface area contributed by atoms with Crippen LogP contribution in [0.1, 0.15) is 15.9 Å². The van der Waals surface area contributed by atoms with Crippen LogP contribution in [0.15, 0.2) is 40.9 Å². The number of carbonyl (C=O) groups is 1. The molecule has 0 unspecified atom stereocenters. The number of benzene rings is 2. The number of nitrogens with zero attached hydrogens (tertiary/aromatic N) is 1. The summed E-state index contributed by atoms with van der Waals surface area (Å²) in [5.41, 5.74) is 0.698. The number of halogens is 1. The number of aromatic hydroxyl groups is 1. The van der Waals surface area contributed by atoms with E-state index in [-0.39, 0.29) is 17.1 Å². The molecule has 7 heteroatoms. The molecule has 0 saturated heterocycles. The molecule has 0 aliphatic rings. The highest BCUT2D eigenvalue weighted by atomic mass is 79.9. The van der Waals surface area contributed by atoms with Crippen LogP contribution in [-0.2, 0) is 0 Å². The number of phenolic OH excluding ortho intramolecular Hbond substituents is 1. The number of hydrogen-bond acceptors (Lipinski definition) is 4. The monoisotopic (exact) mass is 350 g/mol. The summed E-state index contributed by atoms with van der Waals surface area (Å²) < 4.78 is 0.752. The first-order valence-electron chi connectivity index (χ1n) is 5.94. The Morgan fingerprint density at radius 2 is 2.05 bits per heavy atom. The van der Waals surface area contributed by atoms with E-state index in [4.69, 9.17) is 0 Å². The molecule has 2 aromatic rings. The van der Waals surface area contributed by atoms with Crippen LogP contribution >= 0.6 is 15.9 Å². The second kappa shape index (κ2) is 5.92. The lowest BCUT2D eigenvalue weighted by Crippen LogP contribution is -2.13. The highest BCUT2D eigenvalue weighted by Crippen LogP contribution is 2.33. The number of aryl methyl sites for hydroxylation is 1. The Hall–Kier alpha value is -2.41. The molecule has 0 saturated carbocycles. The molecule has 1 amide bonds. The summed E-state index contributed by atoms with van der Waals surface area (Å²) in [5.74, 6) is -0.899. The van der Waals surface area contributed by atoms with Gasteiger partial charge < -0.3 is 10.4 Å². The van der Waals surface area contributed by atoms with Crippen LogP contribution in [0.3, 0.4) is 0 Å². The Kier molecular flexibility index (Phi) is 4.23. The number of hydrogen-bond donors (Lipinski definition) is 2. The van der Waals surface area contributed by atoms with Crippen LogP contribution in [-0.4, -0.2) is 15.9 Å². The van der Waals surface area contributed by atoms with Gasteiger partial charge in [-0.15, -0.1) is 0 Å². The highest BCUT2D eigenvalue weighted by Gasteiger charge is 2.20. The summed E-state index contributed by atoms with van der Waals surface area (Å²) in [6.45, 7) is 1.87. The minimum absolute atomic E-state index is 0.218. The van der Waals surface area contributed by atoms with E-state index in [0.29, 0.717) is 5.56 Å². The zero-order chi connectivity index (χ0) is 15.6. The molecule has 0 fully saturated rings. The van der Waals surface area contributed by atoms with Crippen molar-refractivity contribution in [2.24, 2.45) is 0 Å². The molecule has 108 valence electrons. The zero-order valence-electron chi connectivity index (χ0n) is 11.0. The van der Waals surface area contributed by atoms with Crippen molar-refractivity contribution in [3.8, 4) is 5.75 Å². The Bertz CT molecular complexity index is 731. The number of nitrogens with one attached hydrogen (secondary N) is 1. The molecule has 0 aromatic heterocycles. The van der Waals surface area contributed by atoms with Gasteiger partial charge in [0, 0.05) is 16.1 Å². The Balaban J connectivity index is 2.36. The number of amides is 1. The van der Waals surface area contributed by atoms with Crippen molar-refractivity contribution in [1.82, 2.24) is 0 Å². The van der Waals surface area contributed by atoms with E-state index in [9.17, 15) is 20.0 Å². The molecular formula is C14H11BrN2O4. The smallest absolute Gasteiger partial charge is 0.296 e. The van der Waals surface area contributed by atoms with Gasteiger partial charge in [0.25, 0.3) is 11.6 Å². The second-order valence-electron chi connectivity index (χ2n) is 4.35. The SMILES string of the molecule is Cc1ccc(C(=O)Nc2c(O)cccc2[N+](=O)[O-])cc1Br. The second-order valence-corrected chi connectivity index (χ2v) is 5.20. The van der Waals surface area contributed by atoms with Crippen molar-refractivity contribution in [2.45, 2.75) is 6.92 Å². The highest BCUT2D eigenvalue weighted by molar-refractivity contribution is 9.10. The third kappa shape index (κ3) is 3.19. The lowest BCUT2D eigenvalue weighted by molar-refractivity contribution is -0.384. The standard InChI is InChI=1S/C14H11BrN2O4/c1-8-5-6-9(7-10(8)15)14(19)16-13-11(17(20)21)3-2-4-12(13)18/h2-7,18H,1H3,(H,16,19). The van der Waals surface area contributed by atoms with Crippen LogP contribution < -0.4 is 5.32 Å². The largest absolute Gasteiger partial charge is 0.505 e. The van der Waals surface area contributed by atoms with Gasteiger partial charge in [-0.2, -0.15) is 0 Å². The summed E-state index contributed by atoms with van der Waals surface area (Å²) in [6, 6.07) is 8.77. The summed E-state index contributed by atoms with van der Waals surface area (Å²) in [7, 11) is 0. The molecule has 0 aliphatic carbocycles. The van der Waals surface area contributed by atoms with Crippen molar-refractivity contribution < 1.29 is 14.8 Å². The number of rotatable bonds is 3. The number of nitro benzene ring substituents is 1. The van der Waals surface area contributed by atoms with Crippen molar-refractivity contribution in [3.05, 3.63) is 62.1 Å². The third-order valence-corrected chi connectivity index (χ3v) is 3.74. The van der Waals surface area contributed by atoms with E-state index in [1.54, 1.807) is 18.2 Å². The van der Waals surface area contributed by atoms with Crippen molar-refractivity contribution >= 4 is 33.2 Å². The molecule has 0 bridgehead atoms. The fraction of sp³-hybridized carbons (Fsp3) is 0.0714. The maximum Gasteiger partial charge on any atom is 0.296 e. The van der Waals surface area contributed by atoms with Crippen LogP contribution in [0.5, 0.6) is 5.75 Å². The predicted molar refractivity (Wildman–Crippen MR) is 81.6 cm³/mol. The van der Waals surface area contributed by atoms with Crippen molar-refractivity contribution in [3.63, 3.8) is 0 Å². The van der Waals surface area contributed by atoms with E-state index in [0.717, 1.165) is 10.0 Å². The van der Waals surface area contributed by atoms with Gasteiger partial charge in [-0.3, -0.25) is 14.9 Å². The molecule has 0 spiro atoms. The lowest BCUT2D eigenvalue weighted by atomic mass is 10.1. The lowest BCUT2D eigenvalue weighted by Gasteiger charge is -2.08. The van der Waals surface area contributed by atoms with E-state index < -0.39 is 10.8 Å². The van der Waals surface area contributed by atoms with Gasteiger partial charge in [-0.05, 0) is 30.7 Å². The van der Waals surface area contributed by atoms with E-state index >= 15 is 0 Å². The molecule has 6 nitrogen and oxygen atoms in total. The normalized spacial score (nSPS) is 10.2. The van der Waals surface area contributed by atoms with E-state index in [1.165, 1.54) is 18.2 Å². The van der Waals surface area contributed by atoms with Gasteiger partial charge in [0.05, 0.1) is 4.92 Å². The fourth-order valence-corrected chi connectivity index (χ4v) is 2.11. The molecular weight excluding hydrogens is 340 g/mol. The molecule has 2 rings (SSSR count). The van der Waals surface area contributed by atoms with Gasteiger partial charge in [0.1, 0.15) is 5.75 Å². The number of carbonyl (C=O) groups excluding carboxylic acids is 1. The maximum absolute atomic E-state index is 12.1. The number of para-hydroxylation sites is 1. The van der Waals surface area contributed by atoms with E-state index in [2.05, 4.69) is 21.2 Å². The van der Waals surface area contributed by atoms with Gasteiger partial charge in [-0.1, -0.05) is 28.1 Å². The topological polar surface area (TPSA) is 92.5 Å². The molecule has 0 atom stereocenters. The average molecular weight is 351 g/mol. The Labute approximate surface area is 128 Å². The zero-order valence-corrected chi connectivity index (χ0v) is 12.5. The first-order valence-corrected chi connectivity index (χ1v) is 6.73. The van der Waals surface area contributed by atoms with Crippen molar-refractivity contribution in [1.29, 1.82) is 0 Å². The molecule has 2 N–H and O–H groups in total. The number of nitro groups is 1. The van der Waals surface area contributed by atoms with Crippen LogP contribution in [0.2, 0.25) is 0 Å². The quantitative estimate of drug-likeness (QED) is 0.502. The van der Waals surface area contributed by atoms with Crippen LogP contribution in [0, 0.1) is 17.0 Å². The predicted octanol–water partition coefficient (Wildman–Crippen LogP) is 3.62. The van der Waals surface area contributed by atoms with Gasteiger partial charge in [-0.25, -0.2) is 0 Å². The Morgan fingerprint density at radius 3 is 2.67 bits per heavy atom. The number of anilines is 1. The van der Waals surface area contributed by atoms with Crippen molar-refractivity contribution in [2.75, 3.05) is 5.32 Å². The van der Waals surface area contributed by atoms with Gasteiger partial charge >= 0.3 is 0 Å². The van der Waals surface area contributed by atoms with Gasteiger partial charge in [0.2, 0.25) is 0 Å². The molecule has 21 heavy (non-hydrogen) atoms. The molecule has 0 aliphatic heterocycles. The molecule has 2 aromatic carbocycles. The first kappa shape index (κ1) is 15.0. The molecule has 0 heterocycles. The number of phenols is 1. The summed E-state index contributed by atoms with van der Waals surface area (Å²) in [4.78, 5) is 22.4.